The Morgan fingerprint density at radius 2 is 1.67 bits per heavy atom. The van der Waals surface area contributed by atoms with Crippen molar-refractivity contribution in [3.63, 3.8) is 0 Å². The highest BCUT2D eigenvalue weighted by molar-refractivity contribution is 6.23. The van der Waals surface area contributed by atoms with Crippen LogP contribution in [-0.2, 0) is 14.4 Å². The smallest absolute Gasteiger partial charge is 0.266 e. The van der Waals surface area contributed by atoms with Gasteiger partial charge in [0.25, 0.3) is 5.91 Å². The van der Waals surface area contributed by atoms with Crippen molar-refractivity contribution in [2.45, 2.75) is 25.5 Å². The molecule has 0 unspecified atom stereocenters. The van der Waals surface area contributed by atoms with Crippen LogP contribution >= 0.6 is 0 Å². The minimum Gasteiger partial charge on any atom is -0.494 e. The molecule has 0 spiro atoms. The average molecular weight is 446 g/mol. The molecule has 0 aromatic heterocycles. The number of hydrogen-bond acceptors (Lipinski definition) is 5. The van der Waals surface area contributed by atoms with Crippen LogP contribution in [0.4, 0.5) is 15.8 Å². The number of amides is 2. The molecule has 3 aromatic carbocycles. The van der Waals surface area contributed by atoms with Crippen LogP contribution in [0.3, 0.4) is 0 Å². The lowest BCUT2D eigenvalue weighted by molar-refractivity contribution is -0.126. The fourth-order valence-electron chi connectivity index (χ4n) is 4.41. The van der Waals surface area contributed by atoms with Gasteiger partial charge < -0.3 is 4.74 Å². The molecule has 7 heteroatoms. The molecular weight excluding hydrogens is 423 g/mol. The van der Waals surface area contributed by atoms with Crippen molar-refractivity contribution in [3.8, 4) is 5.75 Å². The van der Waals surface area contributed by atoms with Crippen molar-refractivity contribution in [2.75, 3.05) is 16.6 Å². The minimum atomic E-state index is -0.998. The largest absolute Gasteiger partial charge is 0.494 e. The predicted molar refractivity (Wildman–Crippen MR) is 121 cm³/mol. The van der Waals surface area contributed by atoms with E-state index in [4.69, 9.17) is 9.57 Å². The van der Waals surface area contributed by atoms with Gasteiger partial charge in [0.05, 0.1) is 24.0 Å². The summed E-state index contributed by atoms with van der Waals surface area (Å²) < 4.78 is 19.7. The summed E-state index contributed by atoms with van der Waals surface area (Å²) in [7, 11) is 0. The van der Waals surface area contributed by atoms with Gasteiger partial charge >= 0.3 is 0 Å². The number of rotatable bonds is 6. The number of carbonyl (C=O) groups is 2. The van der Waals surface area contributed by atoms with Gasteiger partial charge in [-0.1, -0.05) is 37.3 Å². The number of para-hydroxylation sites is 1. The van der Waals surface area contributed by atoms with Gasteiger partial charge in [-0.05, 0) is 60.5 Å². The quantitative estimate of drug-likeness (QED) is 0.515. The molecule has 2 aliphatic rings. The van der Waals surface area contributed by atoms with Crippen LogP contribution < -0.4 is 14.7 Å². The Bertz CT molecular complexity index is 1170. The van der Waals surface area contributed by atoms with Crippen LogP contribution in [0.2, 0.25) is 0 Å². The van der Waals surface area contributed by atoms with E-state index < -0.39 is 29.8 Å². The third kappa shape index (κ3) is 3.74. The second-order valence-electron chi connectivity index (χ2n) is 8.07. The van der Waals surface area contributed by atoms with E-state index in [2.05, 4.69) is 0 Å². The van der Waals surface area contributed by atoms with E-state index in [0.29, 0.717) is 29.3 Å². The molecule has 168 valence electrons. The molecule has 2 saturated heterocycles. The molecule has 0 aliphatic carbocycles. The summed E-state index contributed by atoms with van der Waals surface area (Å²) >= 11 is 0. The van der Waals surface area contributed by atoms with Crippen molar-refractivity contribution in [3.05, 3.63) is 90.2 Å². The van der Waals surface area contributed by atoms with E-state index in [1.54, 1.807) is 41.5 Å². The number of fused-ring (bicyclic) bond motifs is 1. The lowest BCUT2D eigenvalue weighted by Gasteiger charge is -2.28. The molecular formula is C26H23FN2O4. The maximum atomic E-state index is 14.1. The summed E-state index contributed by atoms with van der Waals surface area (Å²) in [6, 6.07) is 21.5. The first kappa shape index (κ1) is 21.2. The summed E-state index contributed by atoms with van der Waals surface area (Å²) in [4.78, 5) is 34.1. The standard InChI is InChI=1S/C26H23FN2O4/c1-2-15-32-21-13-11-19(12-14-21)28-25(30)22-23(17-7-6-8-18(27)16-17)29(33-24(22)26(28)31)20-9-4-3-5-10-20/h3-14,16,22-24H,2,15H2,1H3/t22-,23+,24+/m0/s1. The van der Waals surface area contributed by atoms with E-state index in [-0.39, 0.29) is 5.91 Å². The summed E-state index contributed by atoms with van der Waals surface area (Å²) in [6.45, 7) is 2.60. The molecule has 0 N–H and O–H groups in total. The van der Waals surface area contributed by atoms with E-state index in [1.165, 1.54) is 12.1 Å². The summed E-state index contributed by atoms with van der Waals surface area (Å²) in [5.41, 5.74) is 1.71. The lowest BCUT2D eigenvalue weighted by atomic mass is 9.90. The number of ether oxygens (including phenoxy) is 1. The maximum Gasteiger partial charge on any atom is 0.266 e. The molecule has 2 aliphatic heterocycles. The number of imide groups is 1. The van der Waals surface area contributed by atoms with E-state index in [0.717, 1.165) is 11.3 Å². The zero-order valence-corrected chi connectivity index (χ0v) is 18.1. The zero-order chi connectivity index (χ0) is 22.9. The second-order valence-corrected chi connectivity index (χ2v) is 8.07. The molecule has 3 aromatic rings. The van der Waals surface area contributed by atoms with Gasteiger partial charge in [-0.25, -0.2) is 14.4 Å². The number of nitrogens with zero attached hydrogens (tertiary/aromatic N) is 2. The first-order valence-corrected chi connectivity index (χ1v) is 11.0. The maximum absolute atomic E-state index is 14.1. The van der Waals surface area contributed by atoms with Gasteiger partial charge in [-0.3, -0.25) is 14.4 Å². The number of benzene rings is 3. The monoisotopic (exact) mass is 446 g/mol. The molecule has 2 amide bonds. The third-order valence-electron chi connectivity index (χ3n) is 5.88. The molecule has 0 saturated carbocycles. The van der Waals surface area contributed by atoms with Crippen LogP contribution in [-0.4, -0.2) is 24.5 Å². The topological polar surface area (TPSA) is 59.1 Å². The first-order chi connectivity index (χ1) is 16.1. The van der Waals surface area contributed by atoms with Crippen LogP contribution in [0.25, 0.3) is 0 Å². The number of carbonyl (C=O) groups excluding carboxylic acids is 2. The van der Waals surface area contributed by atoms with Crippen LogP contribution in [0.5, 0.6) is 5.75 Å². The Labute approximate surface area is 191 Å². The highest BCUT2D eigenvalue weighted by atomic mass is 19.1. The zero-order valence-electron chi connectivity index (χ0n) is 18.1. The molecule has 0 radical (unpaired) electrons. The number of hydroxylamine groups is 1. The minimum absolute atomic E-state index is 0.375. The molecule has 0 bridgehead atoms. The molecule has 6 nitrogen and oxygen atoms in total. The fraction of sp³-hybridized carbons (Fsp3) is 0.231. The highest BCUT2D eigenvalue weighted by Crippen LogP contribution is 2.47. The number of halogens is 1. The summed E-state index contributed by atoms with van der Waals surface area (Å²) in [6.07, 6.45) is -0.118. The highest BCUT2D eigenvalue weighted by Gasteiger charge is 2.60. The molecule has 33 heavy (non-hydrogen) atoms. The van der Waals surface area contributed by atoms with Crippen molar-refractivity contribution in [2.24, 2.45) is 5.92 Å². The Morgan fingerprint density at radius 3 is 2.36 bits per heavy atom. The SMILES string of the molecule is CCCOc1ccc(N2C(=O)[C@H]3[C@@H](c4cccc(F)c4)N(c4ccccc4)O[C@H]3C2=O)cc1. The molecule has 2 fully saturated rings. The van der Waals surface area contributed by atoms with E-state index in [1.807, 2.05) is 37.3 Å². The molecule has 5 rings (SSSR count). The fourth-order valence-corrected chi connectivity index (χ4v) is 4.41. The van der Waals surface area contributed by atoms with E-state index >= 15 is 0 Å². The molecule has 3 atom stereocenters. The Morgan fingerprint density at radius 1 is 0.909 bits per heavy atom. The van der Waals surface area contributed by atoms with Crippen LogP contribution in [0, 0.1) is 11.7 Å². The van der Waals surface area contributed by atoms with Crippen LogP contribution in [0.15, 0.2) is 78.9 Å². The summed E-state index contributed by atoms with van der Waals surface area (Å²) in [5, 5.41) is 1.55. The van der Waals surface area contributed by atoms with Gasteiger partial charge in [0.1, 0.15) is 17.5 Å². The van der Waals surface area contributed by atoms with Crippen molar-refractivity contribution < 1.29 is 23.6 Å². The van der Waals surface area contributed by atoms with Crippen molar-refractivity contribution >= 4 is 23.2 Å². The summed E-state index contributed by atoms with van der Waals surface area (Å²) in [5.74, 6) is -1.37. The predicted octanol–water partition coefficient (Wildman–Crippen LogP) is 4.67. The Kier molecular flexibility index (Phi) is 5.56. The first-order valence-electron chi connectivity index (χ1n) is 11.0. The Balaban J connectivity index is 1.50. The van der Waals surface area contributed by atoms with E-state index in [9.17, 15) is 14.0 Å². The molecule has 2 heterocycles. The van der Waals surface area contributed by atoms with Gasteiger partial charge in [-0.2, -0.15) is 0 Å². The third-order valence-corrected chi connectivity index (χ3v) is 5.88. The van der Waals surface area contributed by atoms with Crippen LogP contribution in [0.1, 0.15) is 24.9 Å². The number of hydrogen-bond donors (Lipinski definition) is 0. The van der Waals surface area contributed by atoms with Gasteiger partial charge in [-0.15, -0.1) is 0 Å². The Hall–Kier alpha value is -3.71. The second kappa shape index (κ2) is 8.67. The van der Waals surface area contributed by atoms with Crippen molar-refractivity contribution in [1.29, 1.82) is 0 Å². The van der Waals surface area contributed by atoms with Gasteiger partial charge in [0, 0.05) is 0 Å². The van der Waals surface area contributed by atoms with Crippen molar-refractivity contribution in [1.82, 2.24) is 0 Å². The lowest BCUT2D eigenvalue weighted by Crippen LogP contribution is -2.37. The van der Waals surface area contributed by atoms with Gasteiger partial charge in [0.2, 0.25) is 5.91 Å². The van der Waals surface area contributed by atoms with Gasteiger partial charge in [0.15, 0.2) is 6.10 Å². The normalized spacial score (nSPS) is 22.1. The average Bonchev–Trinajstić information content (AvgIpc) is 3.35. The number of anilines is 2.